The summed E-state index contributed by atoms with van der Waals surface area (Å²) in [7, 11) is 0. The van der Waals surface area contributed by atoms with Crippen molar-refractivity contribution in [3.63, 3.8) is 0 Å². The lowest BCUT2D eigenvalue weighted by atomic mass is 9.96. The van der Waals surface area contributed by atoms with Crippen LogP contribution >= 0.6 is 11.8 Å². The summed E-state index contributed by atoms with van der Waals surface area (Å²) >= 11 is 1.39. The highest BCUT2D eigenvalue weighted by molar-refractivity contribution is 7.99. The number of hydrogen-bond donors (Lipinski definition) is 0. The molecule has 66 heavy (non-hydrogen) atoms. The van der Waals surface area contributed by atoms with Crippen molar-refractivity contribution in [1.29, 1.82) is 0 Å². The number of fused-ring (bicyclic) bond motifs is 1. The van der Waals surface area contributed by atoms with Gasteiger partial charge in [-0.2, -0.15) is 0 Å². The molecule has 0 unspecified atom stereocenters. The molecule has 3 saturated heterocycles. The minimum atomic E-state index is -1.72. The fourth-order valence-corrected chi connectivity index (χ4v) is 8.59. The van der Waals surface area contributed by atoms with E-state index < -0.39 is 97.2 Å². The van der Waals surface area contributed by atoms with Gasteiger partial charge in [0.05, 0.1) is 35.5 Å². The minimum Gasteiger partial charge on any atom is -0.459 e. The minimum absolute atomic E-state index is 0.0792. The van der Waals surface area contributed by atoms with Gasteiger partial charge in [-0.25, -0.2) is 24.0 Å². The van der Waals surface area contributed by atoms with E-state index in [-0.39, 0.29) is 35.5 Å². The first kappa shape index (κ1) is 46.0. The van der Waals surface area contributed by atoms with Gasteiger partial charge < -0.3 is 47.4 Å². The first-order valence-electron chi connectivity index (χ1n) is 21.3. The molecule has 342 valence electrons. The Morgan fingerprint density at radius 1 is 0.515 bits per heavy atom. The second kappa shape index (κ2) is 22.1. The summed E-state index contributed by atoms with van der Waals surface area (Å²) in [5.41, 5.74) is 0.770. The Balaban J connectivity index is 1.20. The van der Waals surface area contributed by atoms with Crippen LogP contribution in [0.15, 0.2) is 152 Å². The lowest BCUT2D eigenvalue weighted by Crippen LogP contribution is -2.66. The molecule has 5 aromatic carbocycles. The largest absolute Gasteiger partial charge is 0.509 e. The molecule has 0 N–H and O–H groups in total. The Kier molecular flexibility index (Phi) is 15.4. The van der Waals surface area contributed by atoms with Gasteiger partial charge in [-0.05, 0) is 59.8 Å². The zero-order chi connectivity index (χ0) is 45.8. The van der Waals surface area contributed by atoms with Gasteiger partial charge in [0, 0.05) is 0 Å². The van der Waals surface area contributed by atoms with Gasteiger partial charge >= 0.3 is 30.0 Å². The molecule has 15 nitrogen and oxygen atoms in total. The molecule has 10 atom stereocenters. The van der Waals surface area contributed by atoms with Crippen molar-refractivity contribution in [3.8, 4) is 0 Å². The molecular weight excluding hydrogens is 873 g/mol. The molecule has 16 heteroatoms. The molecule has 0 aliphatic carbocycles. The van der Waals surface area contributed by atoms with Crippen molar-refractivity contribution in [2.75, 3.05) is 19.0 Å². The molecule has 3 aliphatic heterocycles. The van der Waals surface area contributed by atoms with Crippen LogP contribution in [0.1, 0.15) is 53.9 Å². The fraction of sp³-hybridized carbons (Fsp3) is 0.300. The Morgan fingerprint density at radius 2 is 0.970 bits per heavy atom. The number of benzene rings is 5. The van der Waals surface area contributed by atoms with E-state index in [1.54, 1.807) is 84.9 Å². The Labute approximate surface area is 384 Å². The predicted octanol–water partition coefficient (Wildman–Crippen LogP) is 7.23. The SMILES string of the molecule is CCS[C@@H]1O[C@H](COCc2ccccc2)[C@@H](O[C@@H]2O[C@H](COC(=O)c3ccccc3)[C@H](OC(=O)c3ccccc3)[C@H](OC(=O)c3ccccc3)[C@H]2OC(=O)c2ccccc2)[C@@H]2OC(=O)O[C@H]21. The van der Waals surface area contributed by atoms with Crippen molar-refractivity contribution >= 4 is 41.8 Å². The average molecular weight is 919 g/mol. The van der Waals surface area contributed by atoms with Crippen molar-refractivity contribution in [3.05, 3.63) is 179 Å². The molecule has 3 fully saturated rings. The molecule has 0 saturated carbocycles. The van der Waals surface area contributed by atoms with Gasteiger partial charge in [0.1, 0.15) is 30.4 Å². The molecule has 8 rings (SSSR count). The second-order valence-electron chi connectivity index (χ2n) is 15.2. The fourth-order valence-electron chi connectivity index (χ4n) is 7.64. The Bertz CT molecular complexity index is 2390. The smallest absolute Gasteiger partial charge is 0.459 e. The quantitative estimate of drug-likeness (QED) is 0.0673. The highest BCUT2D eigenvalue weighted by Crippen LogP contribution is 2.40. The summed E-state index contributed by atoms with van der Waals surface area (Å²) < 4.78 is 62.0. The number of carbonyl (C=O) groups excluding carboxylic acids is 5. The van der Waals surface area contributed by atoms with Crippen LogP contribution in [-0.4, -0.2) is 110 Å². The van der Waals surface area contributed by atoms with E-state index in [9.17, 15) is 24.0 Å². The third kappa shape index (κ3) is 11.3. The standard InChI is InChI=1S/C50H46O15S/c1-2-66-49-43-41(64-50(55)65-43)39(36(59-49)29-56-28-31-18-8-3-9-19-31)63-48-42(62-47(54)35-26-16-7-17-27-35)40(61-46(53)34-24-14-6-15-25-34)38(60-45(52)33-22-12-5-13-23-33)37(58-48)30-57-44(51)32-20-10-4-11-21-32/h3-27,36-43,48-49H,2,28-30H2,1H3/t36-,37-,38+,39-,40+,41+,42-,43-,48+,49+/m1/s1. The van der Waals surface area contributed by atoms with Crippen molar-refractivity contribution in [1.82, 2.24) is 0 Å². The van der Waals surface area contributed by atoms with E-state index >= 15 is 0 Å². The van der Waals surface area contributed by atoms with E-state index in [0.29, 0.717) is 5.75 Å². The summed E-state index contributed by atoms with van der Waals surface area (Å²) in [5.74, 6) is -2.76. The number of rotatable bonds is 17. The van der Waals surface area contributed by atoms with Gasteiger partial charge in [0.15, 0.2) is 36.8 Å². The van der Waals surface area contributed by atoms with Crippen molar-refractivity contribution in [2.45, 2.75) is 74.1 Å². The summed E-state index contributed by atoms with van der Waals surface area (Å²) in [6, 6.07) is 41.7. The maximum Gasteiger partial charge on any atom is 0.509 e. The summed E-state index contributed by atoms with van der Waals surface area (Å²) in [5, 5.41) is 0. The molecule has 5 aromatic rings. The van der Waals surface area contributed by atoms with Crippen LogP contribution in [0.2, 0.25) is 0 Å². The molecule has 3 heterocycles. The van der Waals surface area contributed by atoms with Gasteiger partial charge in [0.25, 0.3) is 0 Å². The molecule has 0 aromatic heterocycles. The van der Waals surface area contributed by atoms with Crippen LogP contribution in [0.5, 0.6) is 0 Å². The summed E-state index contributed by atoms with van der Waals surface area (Å²) in [4.78, 5) is 68.7. The molecule has 0 bridgehead atoms. The third-order valence-corrected chi connectivity index (χ3v) is 11.9. The Hall–Kier alpha value is -6.56. The lowest BCUT2D eigenvalue weighted by Gasteiger charge is -2.47. The highest BCUT2D eigenvalue weighted by atomic mass is 32.2. The number of thioether (sulfide) groups is 1. The van der Waals surface area contributed by atoms with Crippen molar-refractivity contribution < 1.29 is 71.3 Å². The molecular formula is C50H46O15S. The van der Waals surface area contributed by atoms with Crippen LogP contribution in [0, 0.1) is 0 Å². The highest BCUT2D eigenvalue weighted by Gasteiger charge is 2.59. The normalized spacial score (nSPS) is 25.6. The zero-order valence-corrected chi connectivity index (χ0v) is 36.4. The van der Waals surface area contributed by atoms with E-state index in [1.807, 2.05) is 37.3 Å². The average Bonchev–Trinajstić information content (AvgIpc) is 3.76. The van der Waals surface area contributed by atoms with E-state index in [2.05, 4.69) is 0 Å². The molecule has 0 radical (unpaired) electrons. The zero-order valence-electron chi connectivity index (χ0n) is 35.6. The molecule has 3 aliphatic rings. The van der Waals surface area contributed by atoms with Crippen LogP contribution in [0.4, 0.5) is 4.79 Å². The number of carbonyl (C=O) groups is 5. The van der Waals surface area contributed by atoms with Crippen LogP contribution in [0.3, 0.4) is 0 Å². The van der Waals surface area contributed by atoms with Gasteiger partial charge in [0.2, 0.25) is 0 Å². The number of hydrogen-bond acceptors (Lipinski definition) is 16. The number of esters is 4. The summed E-state index contributed by atoms with van der Waals surface area (Å²) in [6.07, 6.45) is -13.4. The van der Waals surface area contributed by atoms with E-state index in [0.717, 1.165) is 5.56 Å². The predicted molar refractivity (Wildman–Crippen MR) is 235 cm³/mol. The summed E-state index contributed by atoms with van der Waals surface area (Å²) in [6.45, 7) is 1.46. The van der Waals surface area contributed by atoms with Gasteiger partial charge in [-0.1, -0.05) is 110 Å². The monoisotopic (exact) mass is 918 g/mol. The first-order valence-corrected chi connectivity index (χ1v) is 22.4. The lowest BCUT2D eigenvalue weighted by molar-refractivity contribution is -0.330. The third-order valence-electron chi connectivity index (χ3n) is 10.8. The molecule has 0 amide bonds. The number of ether oxygens (including phenoxy) is 10. The van der Waals surface area contributed by atoms with Crippen molar-refractivity contribution in [2.24, 2.45) is 0 Å². The van der Waals surface area contributed by atoms with E-state index in [1.165, 1.54) is 48.2 Å². The topological polar surface area (TPSA) is 178 Å². The molecule has 0 spiro atoms. The second-order valence-corrected chi connectivity index (χ2v) is 16.6. The van der Waals surface area contributed by atoms with E-state index in [4.69, 9.17) is 47.4 Å². The van der Waals surface area contributed by atoms with Gasteiger partial charge in [-0.15, -0.1) is 11.8 Å². The maximum atomic E-state index is 14.2. The van der Waals surface area contributed by atoms with Crippen LogP contribution in [0.25, 0.3) is 0 Å². The first-order chi connectivity index (χ1) is 32.2. The maximum absolute atomic E-state index is 14.2. The van der Waals surface area contributed by atoms with Crippen LogP contribution < -0.4 is 0 Å². The van der Waals surface area contributed by atoms with Crippen LogP contribution in [-0.2, 0) is 54.0 Å². The Morgan fingerprint density at radius 3 is 1.50 bits per heavy atom. The van der Waals surface area contributed by atoms with Gasteiger partial charge in [-0.3, -0.25) is 0 Å².